The number of para-hydroxylation sites is 1. The van der Waals surface area contributed by atoms with Gasteiger partial charge in [0.05, 0.1) is 16.6 Å². The number of fused-ring (bicyclic) bond motifs is 7. The van der Waals surface area contributed by atoms with Gasteiger partial charge in [0, 0.05) is 37.6 Å². The SMILES string of the molecule is O=P(c1ccccc1)(c1ccccc1)c1cccc(-c2nc3ccccc3c3c4c(ccc23)C(c2ccccc2)(c2ccccc2)c2ccccc2-4)c1. The zero-order valence-corrected chi connectivity index (χ0v) is 29.8. The predicted molar refractivity (Wildman–Crippen MR) is 221 cm³/mol. The van der Waals surface area contributed by atoms with E-state index in [-0.39, 0.29) is 0 Å². The molecule has 1 heterocycles. The minimum Gasteiger partial charge on any atom is -0.309 e. The Hall–Kier alpha value is -6.34. The van der Waals surface area contributed by atoms with Crippen LogP contribution >= 0.6 is 7.14 Å². The molecule has 0 aliphatic heterocycles. The number of nitrogens with zero attached hydrogens (tertiary/aromatic N) is 1. The molecule has 0 radical (unpaired) electrons. The molecule has 0 unspecified atom stereocenters. The van der Waals surface area contributed by atoms with E-state index in [9.17, 15) is 0 Å². The number of hydrogen-bond donors (Lipinski definition) is 0. The topological polar surface area (TPSA) is 30.0 Å². The summed E-state index contributed by atoms with van der Waals surface area (Å²) < 4.78 is 15.5. The summed E-state index contributed by atoms with van der Waals surface area (Å²) in [6, 6.07) is 71.9. The number of hydrogen-bond acceptors (Lipinski definition) is 2. The predicted octanol–water partition coefficient (Wildman–Crippen LogP) is 11.1. The lowest BCUT2D eigenvalue weighted by molar-refractivity contribution is 0.592. The van der Waals surface area contributed by atoms with E-state index in [1.807, 2.05) is 72.8 Å². The number of benzene rings is 8. The van der Waals surface area contributed by atoms with Gasteiger partial charge in [0.2, 0.25) is 0 Å². The molecule has 9 aromatic rings. The lowest BCUT2D eigenvalue weighted by Crippen LogP contribution is -2.28. The van der Waals surface area contributed by atoms with Crippen molar-refractivity contribution in [3.05, 3.63) is 229 Å². The van der Waals surface area contributed by atoms with Gasteiger partial charge in [0.15, 0.2) is 7.14 Å². The Balaban J connectivity index is 1.29. The van der Waals surface area contributed by atoms with Crippen molar-refractivity contribution in [2.45, 2.75) is 5.41 Å². The largest absolute Gasteiger partial charge is 0.309 e. The summed E-state index contributed by atoms with van der Waals surface area (Å²) in [6.45, 7) is 0. The number of aromatic nitrogens is 1. The van der Waals surface area contributed by atoms with Crippen LogP contribution in [0, 0.1) is 0 Å². The van der Waals surface area contributed by atoms with E-state index < -0.39 is 12.6 Å². The average Bonchev–Trinajstić information content (AvgIpc) is 3.55. The minimum absolute atomic E-state index is 0.509. The number of pyridine rings is 1. The van der Waals surface area contributed by atoms with Crippen molar-refractivity contribution >= 4 is 44.7 Å². The van der Waals surface area contributed by atoms with Crippen LogP contribution in [-0.4, -0.2) is 4.98 Å². The van der Waals surface area contributed by atoms with Gasteiger partial charge in [-0.05, 0) is 45.5 Å². The Morgan fingerprint density at radius 2 is 0.981 bits per heavy atom. The summed E-state index contributed by atoms with van der Waals surface area (Å²) in [4.78, 5) is 5.39. The summed E-state index contributed by atoms with van der Waals surface area (Å²) in [5, 5.41) is 5.78. The van der Waals surface area contributed by atoms with Crippen molar-refractivity contribution in [3.63, 3.8) is 0 Å². The average molecular weight is 696 g/mol. The van der Waals surface area contributed by atoms with E-state index in [1.165, 1.54) is 38.8 Å². The lowest BCUT2D eigenvalue weighted by atomic mass is 9.67. The molecule has 53 heavy (non-hydrogen) atoms. The molecule has 8 aromatic carbocycles. The molecule has 0 saturated heterocycles. The first-order valence-corrected chi connectivity index (χ1v) is 19.8. The maximum Gasteiger partial charge on any atom is 0.171 e. The Labute approximate surface area is 309 Å². The molecular weight excluding hydrogens is 662 g/mol. The zero-order chi connectivity index (χ0) is 35.4. The Morgan fingerprint density at radius 1 is 0.434 bits per heavy atom. The second-order valence-electron chi connectivity index (χ2n) is 13.7. The molecule has 0 bridgehead atoms. The highest BCUT2D eigenvalue weighted by Crippen LogP contribution is 2.58. The van der Waals surface area contributed by atoms with Gasteiger partial charge in [-0.15, -0.1) is 0 Å². The van der Waals surface area contributed by atoms with Gasteiger partial charge in [-0.3, -0.25) is 0 Å². The monoisotopic (exact) mass is 695 g/mol. The highest BCUT2D eigenvalue weighted by atomic mass is 31.2. The van der Waals surface area contributed by atoms with Crippen LogP contribution < -0.4 is 15.9 Å². The van der Waals surface area contributed by atoms with Crippen LogP contribution in [0.25, 0.3) is 44.1 Å². The van der Waals surface area contributed by atoms with Gasteiger partial charge in [-0.2, -0.15) is 0 Å². The van der Waals surface area contributed by atoms with Crippen molar-refractivity contribution in [1.82, 2.24) is 4.98 Å². The van der Waals surface area contributed by atoms with Crippen LogP contribution in [0.4, 0.5) is 0 Å². The highest BCUT2D eigenvalue weighted by Gasteiger charge is 2.46. The van der Waals surface area contributed by atoms with E-state index in [2.05, 4.69) is 133 Å². The molecule has 1 aliphatic carbocycles. The quantitative estimate of drug-likeness (QED) is 0.128. The van der Waals surface area contributed by atoms with Gasteiger partial charge in [-0.25, -0.2) is 4.98 Å². The van der Waals surface area contributed by atoms with Crippen LogP contribution in [-0.2, 0) is 9.98 Å². The van der Waals surface area contributed by atoms with Crippen molar-refractivity contribution in [1.29, 1.82) is 0 Å². The van der Waals surface area contributed by atoms with Crippen LogP contribution in [0.15, 0.2) is 206 Å². The molecule has 0 amide bonds. The summed E-state index contributed by atoms with van der Waals surface area (Å²) in [7, 11) is -3.20. The molecule has 0 atom stereocenters. The van der Waals surface area contributed by atoms with E-state index in [1.54, 1.807) is 0 Å². The van der Waals surface area contributed by atoms with Crippen LogP contribution in [0.1, 0.15) is 22.3 Å². The number of rotatable bonds is 6. The van der Waals surface area contributed by atoms with Crippen LogP contribution in [0.2, 0.25) is 0 Å². The van der Waals surface area contributed by atoms with Gasteiger partial charge in [0.25, 0.3) is 0 Å². The summed E-state index contributed by atoms with van der Waals surface area (Å²) in [6.07, 6.45) is 0. The molecule has 0 N–H and O–H groups in total. The molecule has 1 aliphatic rings. The molecular formula is C50H34NOP. The third kappa shape index (κ3) is 4.66. The fraction of sp³-hybridized carbons (Fsp3) is 0.0200. The maximum absolute atomic E-state index is 15.5. The smallest absolute Gasteiger partial charge is 0.171 e. The molecule has 1 aromatic heterocycles. The molecule has 0 fully saturated rings. The molecule has 250 valence electrons. The first-order chi connectivity index (χ1) is 26.2. The summed E-state index contributed by atoms with van der Waals surface area (Å²) >= 11 is 0. The Bertz CT molecular complexity index is 2770. The normalized spacial score (nSPS) is 13.1. The van der Waals surface area contributed by atoms with E-state index >= 15 is 4.57 Å². The fourth-order valence-electron chi connectivity index (χ4n) is 8.77. The third-order valence-electron chi connectivity index (χ3n) is 11.0. The minimum atomic E-state index is -3.20. The summed E-state index contributed by atoms with van der Waals surface area (Å²) in [5.41, 5.74) is 9.72. The zero-order valence-electron chi connectivity index (χ0n) is 28.9. The second-order valence-corrected chi connectivity index (χ2v) is 16.5. The van der Waals surface area contributed by atoms with Gasteiger partial charge in [-0.1, -0.05) is 194 Å². The molecule has 2 nitrogen and oxygen atoms in total. The first kappa shape index (κ1) is 31.4. The molecule has 0 saturated carbocycles. The summed E-state index contributed by atoms with van der Waals surface area (Å²) in [5.74, 6) is 0. The molecule has 3 heteroatoms. The fourth-order valence-corrected chi connectivity index (χ4v) is 11.5. The maximum atomic E-state index is 15.5. The van der Waals surface area contributed by atoms with E-state index in [0.717, 1.165) is 43.5 Å². The second kappa shape index (κ2) is 12.4. The van der Waals surface area contributed by atoms with E-state index in [4.69, 9.17) is 4.98 Å². The third-order valence-corrected chi connectivity index (χ3v) is 14.1. The van der Waals surface area contributed by atoms with E-state index in [0.29, 0.717) is 0 Å². The lowest BCUT2D eigenvalue weighted by Gasteiger charge is -2.34. The van der Waals surface area contributed by atoms with Gasteiger partial charge >= 0.3 is 0 Å². The Morgan fingerprint density at radius 3 is 1.64 bits per heavy atom. The van der Waals surface area contributed by atoms with Crippen molar-refractivity contribution in [3.8, 4) is 22.4 Å². The molecule has 10 rings (SSSR count). The van der Waals surface area contributed by atoms with Crippen LogP contribution in [0.5, 0.6) is 0 Å². The Kier molecular flexibility index (Phi) is 7.35. The highest BCUT2D eigenvalue weighted by molar-refractivity contribution is 7.85. The van der Waals surface area contributed by atoms with Crippen molar-refractivity contribution < 1.29 is 4.57 Å². The first-order valence-electron chi connectivity index (χ1n) is 18.1. The van der Waals surface area contributed by atoms with Crippen molar-refractivity contribution in [2.75, 3.05) is 0 Å². The van der Waals surface area contributed by atoms with Gasteiger partial charge < -0.3 is 4.57 Å². The van der Waals surface area contributed by atoms with Crippen molar-refractivity contribution in [2.24, 2.45) is 0 Å². The molecule has 0 spiro atoms. The van der Waals surface area contributed by atoms with Gasteiger partial charge in [0.1, 0.15) is 0 Å². The van der Waals surface area contributed by atoms with Crippen LogP contribution in [0.3, 0.4) is 0 Å². The standard InChI is InChI=1S/C50H34NOP/c52-53(38-23-9-3-10-24-38,39-25-11-4-12-26-39)40-27-17-18-35(34-40)49-43-32-33-45-48(47(43)42-29-14-16-31-46(42)51-49)41-28-13-15-30-44(41)50(45,36-19-5-1-6-20-36)37-21-7-2-8-22-37/h1-34H.